The Kier molecular flexibility index (Phi) is 7.25. The van der Waals surface area contributed by atoms with E-state index in [1.165, 1.54) is 22.5 Å². The summed E-state index contributed by atoms with van der Waals surface area (Å²) in [7, 11) is 0. The molecule has 256 valence electrons. The average molecular weight is 721 g/mol. The molecule has 0 saturated carbocycles. The number of hydrogen-bond donors (Lipinski definition) is 0. The maximum absolute atomic E-state index is 5.26. The van der Waals surface area contributed by atoms with Crippen molar-refractivity contribution in [3.05, 3.63) is 170 Å². The summed E-state index contributed by atoms with van der Waals surface area (Å²) in [5.74, 6) is 1.89. The van der Waals surface area contributed by atoms with Gasteiger partial charge in [-0.3, -0.25) is 0 Å². The summed E-state index contributed by atoms with van der Waals surface area (Å²) in [4.78, 5) is 20.4. The minimum Gasteiger partial charge on any atom is -0.247 e. The van der Waals surface area contributed by atoms with Crippen molar-refractivity contribution in [1.29, 1.82) is 0 Å². The number of pyridine rings is 1. The predicted octanol–water partition coefficient (Wildman–Crippen LogP) is 12.2. The Hall–Kier alpha value is -7.22. The van der Waals surface area contributed by atoms with Gasteiger partial charge in [0.1, 0.15) is 11.0 Å². The van der Waals surface area contributed by atoms with Gasteiger partial charge in [-0.05, 0) is 63.0 Å². The van der Waals surface area contributed by atoms with Crippen LogP contribution in [0.15, 0.2) is 170 Å². The molecule has 3 aromatic heterocycles. The lowest BCUT2D eigenvalue weighted by atomic mass is 9.96. The normalized spacial score (nSPS) is 11.6. The van der Waals surface area contributed by atoms with E-state index in [0.29, 0.717) is 17.5 Å². The number of fused-ring (bicyclic) bond motifs is 7. The van der Waals surface area contributed by atoms with E-state index in [-0.39, 0.29) is 0 Å². The first kappa shape index (κ1) is 31.3. The van der Waals surface area contributed by atoms with Gasteiger partial charge >= 0.3 is 0 Å². The van der Waals surface area contributed by atoms with E-state index >= 15 is 0 Å². The Bertz CT molecular complexity index is 3170. The molecule has 3 heterocycles. The third-order valence-corrected chi connectivity index (χ3v) is 10.9. The number of hydrogen-bond acceptors (Lipinski definition) is 7. The second kappa shape index (κ2) is 12.7. The van der Waals surface area contributed by atoms with E-state index in [9.17, 15) is 0 Å². The quantitative estimate of drug-likeness (QED) is 0.165. The van der Waals surface area contributed by atoms with Gasteiger partial charge in [-0.15, -0.1) is 0 Å². The van der Waals surface area contributed by atoms with E-state index < -0.39 is 0 Å². The van der Waals surface area contributed by atoms with Gasteiger partial charge in [0.2, 0.25) is 0 Å². The molecule has 11 rings (SSSR count). The van der Waals surface area contributed by atoms with Crippen LogP contribution in [0.3, 0.4) is 0 Å². The molecular formula is C48H28N6S. The van der Waals surface area contributed by atoms with Gasteiger partial charge in [0.15, 0.2) is 17.5 Å². The second-order valence-corrected chi connectivity index (χ2v) is 14.2. The summed E-state index contributed by atoms with van der Waals surface area (Å²) in [5.41, 5.74) is 9.65. The van der Waals surface area contributed by atoms with Crippen molar-refractivity contribution in [1.82, 2.24) is 28.7 Å². The fourth-order valence-electron chi connectivity index (χ4n) is 7.57. The predicted molar refractivity (Wildman–Crippen MR) is 226 cm³/mol. The van der Waals surface area contributed by atoms with Crippen molar-refractivity contribution in [2.75, 3.05) is 0 Å². The van der Waals surface area contributed by atoms with Crippen LogP contribution in [0.4, 0.5) is 0 Å². The fraction of sp³-hybridized carbons (Fsp3) is 0. The summed E-state index contributed by atoms with van der Waals surface area (Å²) in [6.45, 7) is 0. The topological polar surface area (TPSA) is 77.3 Å². The first-order valence-corrected chi connectivity index (χ1v) is 18.8. The molecule has 0 aliphatic heterocycles. The Balaban J connectivity index is 1.03. The highest BCUT2D eigenvalue weighted by Gasteiger charge is 2.17. The molecule has 0 aliphatic rings. The van der Waals surface area contributed by atoms with Crippen molar-refractivity contribution < 1.29 is 0 Å². The van der Waals surface area contributed by atoms with E-state index in [4.69, 9.17) is 24.3 Å². The standard InChI is InChI=1S/C48H28N6S/c1-2-10-32(11-3-1)44-40-24-25-41-45(54-55-53-41)43(40)39-23-22-36(28-42(39)49-44)31-14-18-33(19-15-31)46-50-47(37-20-16-29-8-4-6-12-34(29)26-37)52-48(51-46)38-21-17-30-9-5-7-13-35(30)27-38/h1-28H. The lowest BCUT2D eigenvalue weighted by Crippen LogP contribution is -2.00. The highest BCUT2D eigenvalue weighted by Crippen LogP contribution is 2.38. The summed E-state index contributed by atoms with van der Waals surface area (Å²) >= 11 is 1.24. The maximum atomic E-state index is 5.26. The van der Waals surface area contributed by atoms with Gasteiger partial charge in [-0.1, -0.05) is 140 Å². The highest BCUT2D eigenvalue weighted by molar-refractivity contribution is 7.00. The molecule has 0 fully saturated rings. The van der Waals surface area contributed by atoms with Crippen LogP contribution in [0.25, 0.3) is 111 Å². The van der Waals surface area contributed by atoms with E-state index in [0.717, 1.165) is 82.6 Å². The molecule has 0 spiro atoms. The van der Waals surface area contributed by atoms with E-state index in [1.807, 2.05) is 12.1 Å². The van der Waals surface area contributed by atoms with Crippen molar-refractivity contribution in [3.8, 4) is 56.5 Å². The number of benzene rings is 8. The van der Waals surface area contributed by atoms with Crippen LogP contribution in [-0.4, -0.2) is 28.7 Å². The fourth-order valence-corrected chi connectivity index (χ4v) is 8.11. The molecule has 6 nitrogen and oxygen atoms in total. The van der Waals surface area contributed by atoms with Gasteiger partial charge in [0, 0.05) is 38.4 Å². The minimum atomic E-state index is 0.618. The van der Waals surface area contributed by atoms with Crippen LogP contribution >= 0.6 is 11.7 Å². The lowest BCUT2D eigenvalue weighted by molar-refractivity contribution is 1.08. The van der Waals surface area contributed by atoms with E-state index in [1.54, 1.807) is 0 Å². The van der Waals surface area contributed by atoms with Gasteiger partial charge in [-0.2, -0.15) is 8.75 Å². The van der Waals surface area contributed by atoms with Gasteiger partial charge in [0.05, 0.1) is 22.9 Å². The average Bonchev–Trinajstić information content (AvgIpc) is 3.75. The Morgan fingerprint density at radius 3 is 1.55 bits per heavy atom. The highest BCUT2D eigenvalue weighted by atomic mass is 32.1. The molecular weight excluding hydrogens is 693 g/mol. The van der Waals surface area contributed by atoms with Crippen molar-refractivity contribution in [2.24, 2.45) is 0 Å². The molecule has 11 aromatic rings. The van der Waals surface area contributed by atoms with Crippen LogP contribution in [0.2, 0.25) is 0 Å². The zero-order valence-electron chi connectivity index (χ0n) is 29.3. The Morgan fingerprint density at radius 2 is 0.873 bits per heavy atom. The van der Waals surface area contributed by atoms with Crippen molar-refractivity contribution in [2.45, 2.75) is 0 Å². The second-order valence-electron chi connectivity index (χ2n) is 13.7. The molecule has 0 atom stereocenters. The molecule has 0 saturated heterocycles. The minimum absolute atomic E-state index is 0.618. The zero-order chi connectivity index (χ0) is 36.3. The molecule has 7 heteroatoms. The largest absolute Gasteiger partial charge is 0.247 e. The smallest absolute Gasteiger partial charge is 0.164 e. The molecule has 0 unspecified atom stereocenters. The number of aromatic nitrogens is 6. The maximum Gasteiger partial charge on any atom is 0.164 e. The SMILES string of the molecule is c1ccc(-c2nc3cc(-c4ccc(-c5nc(-c6ccc7ccccc7c6)nc(-c6ccc7ccccc7c6)n5)cc4)ccc3c3c2ccc2nsnc23)cc1. The van der Waals surface area contributed by atoms with Gasteiger partial charge in [0.25, 0.3) is 0 Å². The molecule has 0 bridgehead atoms. The van der Waals surface area contributed by atoms with Gasteiger partial charge in [-0.25, -0.2) is 19.9 Å². The molecule has 8 aromatic carbocycles. The van der Waals surface area contributed by atoms with Crippen LogP contribution < -0.4 is 0 Å². The third-order valence-electron chi connectivity index (χ3n) is 10.4. The summed E-state index contributed by atoms with van der Waals surface area (Å²) in [5, 5.41) is 7.83. The first-order valence-electron chi connectivity index (χ1n) is 18.1. The van der Waals surface area contributed by atoms with Crippen LogP contribution in [-0.2, 0) is 0 Å². The van der Waals surface area contributed by atoms with Crippen molar-refractivity contribution >= 4 is 66.0 Å². The van der Waals surface area contributed by atoms with Crippen LogP contribution in [0.1, 0.15) is 0 Å². The van der Waals surface area contributed by atoms with Crippen LogP contribution in [0.5, 0.6) is 0 Å². The number of rotatable bonds is 5. The summed E-state index contributed by atoms with van der Waals surface area (Å²) in [6, 6.07) is 58.9. The Labute approximate surface area is 319 Å². The molecule has 0 aliphatic carbocycles. The van der Waals surface area contributed by atoms with E-state index in [2.05, 4.69) is 162 Å². The molecule has 55 heavy (non-hydrogen) atoms. The molecule has 0 N–H and O–H groups in total. The third kappa shape index (κ3) is 5.48. The van der Waals surface area contributed by atoms with Crippen LogP contribution in [0, 0.1) is 0 Å². The lowest BCUT2D eigenvalue weighted by Gasteiger charge is -2.12. The Morgan fingerprint density at radius 1 is 0.327 bits per heavy atom. The summed E-state index contributed by atoms with van der Waals surface area (Å²) < 4.78 is 9.26. The number of nitrogens with zero attached hydrogens (tertiary/aromatic N) is 6. The monoisotopic (exact) mass is 720 g/mol. The molecule has 0 radical (unpaired) electrons. The molecule has 0 amide bonds. The zero-order valence-corrected chi connectivity index (χ0v) is 30.1. The van der Waals surface area contributed by atoms with Gasteiger partial charge < -0.3 is 0 Å². The summed E-state index contributed by atoms with van der Waals surface area (Å²) in [6.07, 6.45) is 0. The van der Waals surface area contributed by atoms with Crippen molar-refractivity contribution in [3.63, 3.8) is 0 Å². The first-order chi connectivity index (χ1) is 27.2.